The minimum absolute atomic E-state index is 0.0849. The van der Waals surface area contributed by atoms with Gasteiger partial charge in [0.05, 0.1) is 5.56 Å². The molecule has 0 aromatic carbocycles. The summed E-state index contributed by atoms with van der Waals surface area (Å²) in [4.78, 5) is 3.52. The molecule has 0 aliphatic heterocycles. The normalized spacial score (nSPS) is 12.0. The van der Waals surface area contributed by atoms with E-state index in [1.807, 2.05) is 0 Å². The first-order valence-corrected chi connectivity index (χ1v) is 5.95. The zero-order valence-electron chi connectivity index (χ0n) is 7.86. The fourth-order valence-electron chi connectivity index (χ4n) is 1.05. The van der Waals surface area contributed by atoms with Crippen LogP contribution in [0.2, 0.25) is 0 Å². The van der Waals surface area contributed by atoms with Crippen molar-refractivity contribution in [2.75, 3.05) is 0 Å². The van der Waals surface area contributed by atoms with Gasteiger partial charge in [0.1, 0.15) is 10.4 Å². The maximum Gasteiger partial charge on any atom is 0.573 e. The Kier molecular flexibility index (Phi) is 4.70. The molecule has 0 saturated heterocycles. The van der Waals surface area contributed by atoms with E-state index in [-0.39, 0.29) is 15.5 Å². The molecular formula is C8H4Br2F5NO. The fraction of sp³-hybridized carbons (Fsp3) is 0.375. The molecule has 17 heavy (non-hydrogen) atoms. The van der Waals surface area contributed by atoms with Crippen LogP contribution in [0, 0.1) is 0 Å². The van der Waals surface area contributed by atoms with E-state index in [1.54, 1.807) is 0 Å². The highest BCUT2D eigenvalue weighted by atomic mass is 79.9. The number of halogens is 7. The van der Waals surface area contributed by atoms with E-state index in [9.17, 15) is 22.0 Å². The Labute approximate surface area is 109 Å². The van der Waals surface area contributed by atoms with Gasteiger partial charge in [-0.1, -0.05) is 15.9 Å². The lowest BCUT2D eigenvalue weighted by molar-refractivity contribution is -0.275. The predicted octanol–water partition coefficient (Wildman–Crippen LogP) is 4.58. The molecule has 0 radical (unpaired) electrons. The summed E-state index contributed by atoms with van der Waals surface area (Å²) in [6, 6.07) is 0. The van der Waals surface area contributed by atoms with Crippen LogP contribution in [0.3, 0.4) is 0 Å². The Bertz CT molecular complexity index is 410. The van der Waals surface area contributed by atoms with Crippen molar-refractivity contribution >= 4 is 31.9 Å². The molecular weight excluding hydrogens is 381 g/mol. The molecule has 1 rings (SSSR count). The molecule has 0 aliphatic rings. The standard InChI is InChI=1S/C8H4Br2F5NO/c9-1-3-2-16-6(10)4(7(11)12)5(3)17-8(13,14)15/h2,7H,1H2. The van der Waals surface area contributed by atoms with E-state index in [4.69, 9.17) is 0 Å². The summed E-state index contributed by atoms with van der Waals surface area (Å²) < 4.78 is 64.9. The smallest absolute Gasteiger partial charge is 0.405 e. The lowest BCUT2D eigenvalue weighted by Crippen LogP contribution is -2.19. The van der Waals surface area contributed by atoms with Crippen LogP contribution in [-0.4, -0.2) is 11.3 Å². The third-order valence-electron chi connectivity index (χ3n) is 1.67. The van der Waals surface area contributed by atoms with Crippen molar-refractivity contribution in [1.82, 2.24) is 4.98 Å². The molecule has 0 unspecified atom stereocenters. The van der Waals surface area contributed by atoms with Crippen LogP contribution in [0.5, 0.6) is 5.75 Å². The monoisotopic (exact) mass is 383 g/mol. The summed E-state index contributed by atoms with van der Waals surface area (Å²) in [7, 11) is 0. The van der Waals surface area contributed by atoms with E-state index in [0.29, 0.717) is 0 Å². The molecule has 2 nitrogen and oxygen atoms in total. The summed E-state index contributed by atoms with van der Waals surface area (Å²) in [6.45, 7) is 0. The van der Waals surface area contributed by atoms with Crippen LogP contribution < -0.4 is 4.74 Å². The van der Waals surface area contributed by atoms with Crippen LogP contribution in [0.4, 0.5) is 22.0 Å². The number of nitrogens with zero attached hydrogens (tertiary/aromatic N) is 1. The van der Waals surface area contributed by atoms with Gasteiger partial charge in [0, 0.05) is 17.1 Å². The summed E-state index contributed by atoms with van der Waals surface area (Å²) >= 11 is 5.54. The molecule has 1 aromatic heterocycles. The van der Waals surface area contributed by atoms with Gasteiger partial charge in [-0.25, -0.2) is 13.8 Å². The molecule has 96 valence electrons. The molecule has 1 heterocycles. The molecule has 0 N–H and O–H groups in total. The summed E-state index contributed by atoms with van der Waals surface area (Å²) in [5.74, 6) is -0.925. The van der Waals surface area contributed by atoms with E-state index < -0.39 is 24.1 Å². The summed E-state index contributed by atoms with van der Waals surface area (Å²) in [5, 5.41) is -0.0849. The second kappa shape index (κ2) is 5.47. The third-order valence-corrected chi connectivity index (χ3v) is 2.91. The van der Waals surface area contributed by atoms with Crippen LogP contribution >= 0.6 is 31.9 Å². The van der Waals surface area contributed by atoms with Gasteiger partial charge in [-0.3, -0.25) is 0 Å². The molecule has 0 aliphatic carbocycles. The highest BCUT2D eigenvalue weighted by Gasteiger charge is 2.35. The first-order chi connectivity index (χ1) is 7.76. The highest BCUT2D eigenvalue weighted by molar-refractivity contribution is 9.10. The second-order valence-corrected chi connectivity index (χ2v) is 4.11. The number of pyridine rings is 1. The van der Waals surface area contributed by atoms with E-state index in [0.717, 1.165) is 6.20 Å². The minimum Gasteiger partial charge on any atom is -0.405 e. The zero-order valence-corrected chi connectivity index (χ0v) is 11.0. The largest absolute Gasteiger partial charge is 0.573 e. The molecule has 0 bridgehead atoms. The highest BCUT2D eigenvalue weighted by Crippen LogP contribution is 2.39. The molecule has 1 aromatic rings. The summed E-state index contributed by atoms with van der Waals surface area (Å²) in [5.41, 5.74) is -1.03. The van der Waals surface area contributed by atoms with Gasteiger partial charge in [0.2, 0.25) is 0 Å². The van der Waals surface area contributed by atoms with E-state index in [2.05, 4.69) is 41.6 Å². The number of rotatable bonds is 3. The topological polar surface area (TPSA) is 22.1 Å². The van der Waals surface area contributed by atoms with Crippen LogP contribution in [0.15, 0.2) is 10.8 Å². The zero-order chi connectivity index (χ0) is 13.2. The lowest BCUT2D eigenvalue weighted by atomic mass is 10.2. The number of alkyl halides is 6. The van der Waals surface area contributed by atoms with Crippen molar-refractivity contribution in [2.24, 2.45) is 0 Å². The SMILES string of the molecule is FC(F)c1c(Br)ncc(CBr)c1OC(F)(F)F. The molecule has 0 atom stereocenters. The van der Waals surface area contributed by atoms with E-state index in [1.165, 1.54) is 0 Å². The number of hydrogen-bond acceptors (Lipinski definition) is 2. The van der Waals surface area contributed by atoms with Gasteiger partial charge in [-0.15, -0.1) is 13.2 Å². The van der Waals surface area contributed by atoms with Crippen molar-refractivity contribution in [3.8, 4) is 5.75 Å². The molecule has 0 spiro atoms. The van der Waals surface area contributed by atoms with Crippen molar-refractivity contribution in [2.45, 2.75) is 18.1 Å². The average molecular weight is 385 g/mol. The Morgan fingerprint density at radius 1 is 1.35 bits per heavy atom. The third kappa shape index (κ3) is 3.77. The quantitative estimate of drug-likeness (QED) is 0.432. The van der Waals surface area contributed by atoms with Crippen LogP contribution in [0.25, 0.3) is 0 Å². The maximum absolute atomic E-state index is 12.6. The van der Waals surface area contributed by atoms with Gasteiger partial charge in [0.25, 0.3) is 6.43 Å². The van der Waals surface area contributed by atoms with Crippen LogP contribution in [-0.2, 0) is 5.33 Å². The molecule has 0 amide bonds. The Balaban J connectivity index is 3.35. The number of ether oxygens (including phenoxy) is 1. The maximum atomic E-state index is 12.6. The van der Waals surface area contributed by atoms with Crippen molar-refractivity contribution in [3.63, 3.8) is 0 Å². The predicted molar refractivity (Wildman–Crippen MR) is 56.2 cm³/mol. The fourth-order valence-corrected chi connectivity index (χ4v) is 1.90. The van der Waals surface area contributed by atoms with Gasteiger partial charge in [-0.05, 0) is 15.9 Å². The lowest BCUT2D eigenvalue weighted by Gasteiger charge is -2.16. The van der Waals surface area contributed by atoms with Crippen molar-refractivity contribution in [1.29, 1.82) is 0 Å². The minimum atomic E-state index is -5.04. The van der Waals surface area contributed by atoms with Gasteiger partial charge >= 0.3 is 6.36 Å². The molecule has 9 heteroatoms. The summed E-state index contributed by atoms with van der Waals surface area (Å²) in [6.07, 6.45) is -7.15. The number of hydrogen-bond donors (Lipinski definition) is 0. The first-order valence-electron chi connectivity index (χ1n) is 4.03. The van der Waals surface area contributed by atoms with Gasteiger partial charge < -0.3 is 4.74 Å². The van der Waals surface area contributed by atoms with Crippen LogP contribution in [0.1, 0.15) is 17.6 Å². The molecule has 0 saturated carbocycles. The Hall–Kier alpha value is -0.440. The Morgan fingerprint density at radius 3 is 2.35 bits per heavy atom. The number of aromatic nitrogens is 1. The van der Waals surface area contributed by atoms with Crippen molar-refractivity contribution in [3.05, 3.63) is 21.9 Å². The van der Waals surface area contributed by atoms with Crippen molar-refractivity contribution < 1.29 is 26.7 Å². The van der Waals surface area contributed by atoms with Gasteiger partial charge in [0.15, 0.2) is 0 Å². The first kappa shape index (κ1) is 14.6. The Morgan fingerprint density at radius 2 is 1.94 bits per heavy atom. The average Bonchev–Trinajstić information content (AvgIpc) is 2.15. The molecule has 0 fully saturated rings. The van der Waals surface area contributed by atoms with Gasteiger partial charge in [-0.2, -0.15) is 0 Å². The van der Waals surface area contributed by atoms with E-state index >= 15 is 0 Å². The second-order valence-electron chi connectivity index (χ2n) is 2.80.